The lowest BCUT2D eigenvalue weighted by Crippen LogP contribution is -2.62. The van der Waals surface area contributed by atoms with Crippen LogP contribution in [-0.2, 0) is 6.42 Å². The molecule has 118 valence electrons. The predicted molar refractivity (Wildman–Crippen MR) is 91.7 cm³/mol. The molecule has 1 aliphatic heterocycles. The second kappa shape index (κ2) is 7.42. The van der Waals surface area contributed by atoms with Crippen LogP contribution in [0.25, 0.3) is 0 Å². The van der Waals surface area contributed by atoms with E-state index in [0.717, 1.165) is 25.4 Å². The van der Waals surface area contributed by atoms with Crippen molar-refractivity contribution in [3.05, 3.63) is 35.9 Å². The summed E-state index contributed by atoms with van der Waals surface area (Å²) in [5.41, 5.74) is 1.69. The fourth-order valence-corrected chi connectivity index (χ4v) is 3.40. The van der Waals surface area contributed by atoms with Gasteiger partial charge in [0, 0.05) is 31.2 Å². The van der Waals surface area contributed by atoms with Crippen LogP contribution < -0.4 is 5.32 Å². The summed E-state index contributed by atoms with van der Waals surface area (Å²) in [5.74, 6) is 0.831. The number of rotatable bonds is 6. The molecule has 1 aliphatic rings. The van der Waals surface area contributed by atoms with E-state index in [1.165, 1.54) is 24.9 Å². The number of hydrogen-bond donors (Lipinski definition) is 1. The Hall–Kier alpha value is -0.860. The average Bonchev–Trinajstić information content (AvgIpc) is 2.48. The zero-order valence-corrected chi connectivity index (χ0v) is 14.2. The van der Waals surface area contributed by atoms with Gasteiger partial charge in [0.15, 0.2) is 0 Å². The molecular weight excluding hydrogens is 256 g/mol. The molecule has 1 aromatic carbocycles. The van der Waals surface area contributed by atoms with Gasteiger partial charge in [0.25, 0.3) is 0 Å². The molecule has 0 radical (unpaired) electrons. The van der Waals surface area contributed by atoms with Crippen molar-refractivity contribution >= 4 is 0 Å². The van der Waals surface area contributed by atoms with Gasteiger partial charge < -0.3 is 5.32 Å². The lowest BCUT2D eigenvalue weighted by molar-refractivity contribution is 0.0773. The number of benzene rings is 1. The van der Waals surface area contributed by atoms with Crippen LogP contribution in [0, 0.1) is 5.92 Å². The lowest BCUT2D eigenvalue weighted by Gasteiger charge is -2.46. The van der Waals surface area contributed by atoms with Gasteiger partial charge in [-0.2, -0.15) is 0 Å². The van der Waals surface area contributed by atoms with E-state index >= 15 is 0 Å². The van der Waals surface area contributed by atoms with Gasteiger partial charge in [-0.1, -0.05) is 57.0 Å². The fourth-order valence-electron chi connectivity index (χ4n) is 3.40. The largest absolute Gasteiger partial charge is 0.309 e. The van der Waals surface area contributed by atoms with E-state index in [2.05, 4.69) is 68.2 Å². The average molecular weight is 288 g/mol. The maximum Gasteiger partial charge on any atom is 0.0262 e. The highest BCUT2D eigenvalue weighted by Gasteiger charge is 2.33. The van der Waals surface area contributed by atoms with Crippen molar-refractivity contribution in [3.8, 4) is 0 Å². The molecule has 2 heteroatoms. The van der Waals surface area contributed by atoms with E-state index < -0.39 is 0 Å². The monoisotopic (exact) mass is 288 g/mol. The first-order valence-electron chi connectivity index (χ1n) is 8.57. The van der Waals surface area contributed by atoms with Crippen LogP contribution in [0.4, 0.5) is 0 Å². The first-order valence-corrected chi connectivity index (χ1v) is 8.57. The molecule has 0 saturated carbocycles. The van der Waals surface area contributed by atoms with E-state index in [4.69, 9.17) is 0 Å². The molecule has 1 heterocycles. The Morgan fingerprint density at radius 3 is 2.48 bits per heavy atom. The highest BCUT2D eigenvalue weighted by Crippen LogP contribution is 2.21. The van der Waals surface area contributed by atoms with Crippen LogP contribution in [0.3, 0.4) is 0 Å². The Kier molecular flexibility index (Phi) is 5.83. The number of nitrogens with zero attached hydrogens (tertiary/aromatic N) is 1. The van der Waals surface area contributed by atoms with Crippen molar-refractivity contribution in [2.75, 3.05) is 19.6 Å². The molecule has 0 aromatic heterocycles. The highest BCUT2D eigenvalue weighted by molar-refractivity contribution is 5.16. The molecular formula is C19H32N2. The fraction of sp³-hybridized carbons (Fsp3) is 0.684. The number of piperazine rings is 1. The maximum absolute atomic E-state index is 3.73. The molecule has 1 saturated heterocycles. The third-order valence-electron chi connectivity index (χ3n) is 4.89. The Morgan fingerprint density at radius 1 is 1.19 bits per heavy atom. The molecule has 0 bridgehead atoms. The molecule has 0 spiro atoms. The standard InChI is InChI=1S/C19H32N2/c1-5-16(6-2)14-21-15-19(3,4)20-13-18(21)12-17-10-8-7-9-11-17/h7-11,16,18,20H,5-6,12-15H2,1-4H3. The first-order chi connectivity index (χ1) is 10.0. The summed E-state index contributed by atoms with van der Waals surface area (Å²) in [5, 5.41) is 3.73. The lowest BCUT2D eigenvalue weighted by atomic mass is 9.92. The summed E-state index contributed by atoms with van der Waals surface area (Å²) in [6.45, 7) is 12.8. The van der Waals surface area contributed by atoms with Crippen molar-refractivity contribution < 1.29 is 0 Å². The molecule has 1 unspecified atom stereocenters. The Bertz CT molecular complexity index is 409. The quantitative estimate of drug-likeness (QED) is 0.858. The third kappa shape index (κ3) is 4.82. The molecule has 2 rings (SSSR count). The minimum Gasteiger partial charge on any atom is -0.309 e. The van der Waals surface area contributed by atoms with Gasteiger partial charge in [-0.05, 0) is 31.7 Å². The topological polar surface area (TPSA) is 15.3 Å². The van der Waals surface area contributed by atoms with Gasteiger partial charge in [-0.3, -0.25) is 4.90 Å². The first kappa shape index (κ1) is 16.5. The van der Waals surface area contributed by atoms with Crippen molar-refractivity contribution in [2.45, 2.75) is 58.5 Å². The van der Waals surface area contributed by atoms with Crippen LogP contribution in [0.5, 0.6) is 0 Å². The predicted octanol–water partition coefficient (Wildman–Crippen LogP) is 3.72. The van der Waals surface area contributed by atoms with Crippen LogP contribution in [0.1, 0.15) is 46.1 Å². The third-order valence-corrected chi connectivity index (χ3v) is 4.89. The normalized spacial score (nSPS) is 22.6. The van der Waals surface area contributed by atoms with Crippen molar-refractivity contribution in [3.63, 3.8) is 0 Å². The Morgan fingerprint density at radius 2 is 1.86 bits per heavy atom. The van der Waals surface area contributed by atoms with E-state index in [9.17, 15) is 0 Å². The van der Waals surface area contributed by atoms with E-state index in [1.54, 1.807) is 0 Å². The Labute approximate surface area is 130 Å². The van der Waals surface area contributed by atoms with Gasteiger partial charge >= 0.3 is 0 Å². The van der Waals surface area contributed by atoms with E-state index in [-0.39, 0.29) is 5.54 Å². The van der Waals surface area contributed by atoms with Crippen molar-refractivity contribution in [1.29, 1.82) is 0 Å². The summed E-state index contributed by atoms with van der Waals surface area (Å²) >= 11 is 0. The minimum absolute atomic E-state index is 0.235. The second-order valence-corrected chi connectivity index (χ2v) is 7.22. The summed E-state index contributed by atoms with van der Waals surface area (Å²) in [7, 11) is 0. The van der Waals surface area contributed by atoms with E-state index in [1.807, 2.05) is 0 Å². The van der Waals surface area contributed by atoms with Crippen molar-refractivity contribution in [2.24, 2.45) is 5.92 Å². The molecule has 1 N–H and O–H groups in total. The molecule has 2 nitrogen and oxygen atoms in total. The van der Waals surface area contributed by atoms with Gasteiger partial charge in [0.05, 0.1) is 0 Å². The van der Waals surface area contributed by atoms with Gasteiger partial charge in [-0.15, -0.1) is 0 Å². The van der Waals surface area contributed by atoms with Gasteiger partial charge in [0.2, 0.25) is 0 Å². The minimum atomic E-state index is 0.235. The zero-order valence-electron chi connectivity index (χ0n) is 14.2. The summed E-state index contributed by atoms with van der Waals surface area (Å²) in [6, 6.07) is 11.6. The van der Waals surface area contributed by atoms with Gasteiger partial charge in [-0.25, -0.2) is 0 Å². The molecule has 21 heavy (non-hydrogen) atoms. The van der Waals surface area contributed by atoms with E-state index in [0.29, 0.717) is 6.04 Å². The summed E-state index contributed by atoms with van der Waals surface area (Å²) < 4.78 is 0. The number of nitrogens with one attached hydrogen (secondary N) is 1. The molecule has 0 amide bonds. The highest BCUT2D eigenvalue weighted by atomic mass is 15.2. The van der Waals surface area contributed by atoms with Crippen LogP contribution in [0.2, 0.25) is 0 Å². The molecule has 1 aromatic rings. The number of hydrogen-bond acceptors (Lipinski definition) is 2. The molecule has 1 atom stereocenters. The van der Waals surface area contributed by atoms with Crippen molar-refractivity contribution in [1.82, 2.24) is 10.2 Å². The van der Waals surface area contributed by atoms with Crippen LogP contribution in [0.15, 0.2) is 30.3 Å². The van der Waals surface area contributed by atoms with Crippen LogP contribution >= 0.6 is 0 Å². The maximum atomic E-state index is 3.73. The second-order valence-electron chi connectivity index (χ2n) is 7.22. The summed E-state index contributed by atoms with van der Waals surface area (Å²) in [6.07, 6.45) is 3.74. The molecule has 1 fully saturated rings. The van der Waals surface area contributed by atoms with Crippen LogP contribution in [-0.4, -0.2) is 36.1 Å². The Balaban J connectivity index is 2.05. The summed E-state index contributed by atoms with van der Waals surface area (Å²) in [4.78, 5) is 2.74. The smallest absolute Gasteiger partial charge is 0.0262 e. The molecule has 0 aliphatic carbocycles. The zero-order chi connectivity index (χ0) is 15.3. The van der Waals surface area contributed by atoms with Gasteiger partial charge in [0.1, 0.15) is 0 Å². The SMILES string of the molecule is CCC(CC)CN1CC(C)(C)NCC1Cc1ccccc1.